The van der Waals surface area contributed by atoms with Gasteiger partial charge in [-0.3, -0.25) is 4.79 Å². The van der Waals surface area contributed by atoms with Gasteiger partial charge in [0.05, 0.1) is 7.11 Å². The average molecular weight is 352 g/mol. The second-order valence-corrected chi connectivity index (χ2v) is 5.39. The minimum Gasteiger partial charge on any atom is -0.496 e. The third-order valence-electron chi connectivity index (χ3n) is 3.62. The fourth-order valence-electron chi connectivity index (χ4n) is 2.32. The lowest BCUT2D eigenvalue weighted by Crippen LogP contribution is -2.24. The number of hydrogen-bond donors (Lipinski definition) is 2. The quantitative estimate of drug-likeness (QED) is 0.712. The molecule has 7 heteroatoms. The van der Waals surface area contributed by atoms with Crippen LogP contribution in [0.3, 0.4) is 0 Å². The topological polar surface area (TPSA) is 76.1 Å². The summed E-state index contributed by atoms with van der Waals surface area (Å²) in [6, 6.07) is 14.7. The lowest BCUT2D eigenvalue weighted by Gasteiger charge is -2.10. The van der Waals surface area contributed by atoms with Gasteiger partial charge in [0.2, 0.25) is 5.95 Å². The number of hydrogen-bond acceptors (Lipinski definition) is 5. The molecule has 0 unspecified atom stereocenters. The van der Waals surface area contributed by atoms with E-state index >= 15 is 0 Å². The van der Waals surface area contributed by atoms with Gasteiger partial charge in [0, 0.05) is 24.0 Å². The summed E-state index contributed by atoms with van der Waals surface area (Å²) in [5, 5.41) is 5.73. The van der Waals surface area contributed by atoms with Crippen molar-refractivity contribution >= 4 is 17.5 Å². The van der Waals surface area contributed by atoms with Crippen molar-refractivity contribution in [2.75, 3.05) is 12.4 Å². The molecule has 2 aromatic carbocycles. The van der Waals surface area contributed by atoms with Crippen LogP contribution in [0.1, 0.15) is 16.1 Å². The summed E-state index contributed by atoms with van der Waals surface area (Å²) in [7, 11) is 1.58. The summed E-state index contributed by atoms with van der Waals surface area (Å²) in [6.45, 7) is 0.313. The molecule has 0 spiro atoms. The summed E-state index contributed by atoms with van der Waals surface area (Å²) in [6.07, 6.45) is 1.48. The van der Waals surface area contributed by atoms with Crippen molar-refractivity contribution < 1.29 is 13.9 Å². The summed E-state index contributed by atoms with van der Waals surface area (Å²) in [4.78, 5) is 20.6. The Labute approximate surface area is 150 Å². The number of nitrogens with one attached hydrogen (secondary N) is 2. The molecular formula is C19H17FN4O2. The van der Waals surface area contributed by atoms with Gasteiger partial charge >= 0.3 is 0 Å². The van der Waals surface area contributed by atoms with Gasteiger partial charge in [0.1, 0.15) is 17.3 Å². The first kappa shape index (κ1) is 17.3. The zero-order valence-corrected chi connectivity index (χ0v) is 14.1. The number of nitrogens with zero attached hydrogens (tertiary/aromatic N) is 2. The average Bonchev–Trinajstić information content (AvgIpc) is 2.68. The van der Waals surface area contributed by atoms with E-state index < -0.39 is 0 Å². The lowest BCUT2D eigenvalue weighted by molar-refractivity contribution is 0.0945. The number of amides is 1. The van der Waals surface area contributed by atoms with E-state index in [0.29, 0.717) is 18.0 Å². The van der Waals surface area contributed by atoms with Gasteiger partial charge in [-0.25, -0.2) is 14.4 Å². The maximum Gasteiger partial charge on any atom is 0.270 e. The number of halogens is 1. The third kappa shape index (κ3) is 4.32. The lowest BCUT2D eigenvalue weighted by atomic mass is 10.2. The Hall–Kier alpha value is -3.48. The number of rotatable bonds is 6. The second-order valence-electron chi connectivity index (χ2n) is 5.39. The second kappa shape index (κ2) is 8.06. The zero-order chi connectivity index (χ0) is 18.4. The largest absolute Gasteiger partial charge is 0.496 e. The Morgan fingerprint density at radius 3 is 2.65 bits per heavy atom. The van der Waals surface area contributed by atoms with Crippen molar-refractivity contribution in [2.24, 2.45) is 0 Å². The fourth-order valence-corrected chi connectivity index (χ4v) is 2.32. The van der Waals surface area contributed by atoms with E-state index in [1.54, 1.807) is 19.2 Å². The van der Waals surface area contributed by atoms with E-state index in [0.717, 1.165) is 5.56 Å². The molecule has 1 amide bonds. The van der Waals surface area contributed by atoms with Crippen LogP contribution in [0.25, 0.3) is 0 Å². The molecule has 0 fully saturated rings. The monoisotopic (exact) mass is 352 g/mol. The number of anilines is 2. The van der Waals surface area contributed by atoms with Crippen molar-refractivity contribution in [3.63, 3.8) is 0 Å². The minimum atomic E-state index is -0.333. The van der Waals surface area contributed by atoms with Crippen LogP contribution >= 0.6 is 0 Å². The van der Waals surface area contributed by atoms with Crippen molar-refractivity contribution in [3.8, 4) is 5.75 Å². The van der Waals surface area contributed by atoms with Crippen LogP contribution in [0.2, 0.25) is 0 Å². The molecule has 0 bridgehead atoms. The molecule has 1 heterocycles. The normalized spacial score (nSPS) is 10.2. The molecule has 0 aliphatic carbocycles. The summed E-state index contributed by atoms with van der Waals surface area (Å²) in [5.41, 5.74) is 1.71. The van der Waals surface area contributed by atoms with Crippen molar-refractivity contribution in [2.45, 2.75) is 6.54 Å². The van der Waals surface area contributed by atoms with E-state index in [2.05, 4.69) is 20.6 Å². The third-order valence-corrected chi connectivity index (χ3v) is 3.62. The number of methoxy groups -OCH3 is 1. The van der Waals surface area contributed by atoms with E-state index in [1.165, 1.54) is 24.4 Å². The highest BCUT2D eigenvalue weighted by atomic mass is 19.1. The Balaban J connectivity index is 1.67. The summed E-state index contributed by atoms with van der Waals surface area (Å²) >= 11 is 0. The van der Waals surface area contributed by atoms with Crippen LogP contribution in [0.15, 0.2) is 60.8 Å². The predicted octanol–water partition coefficient (Wildman–Crippen LogP) is 3.30. The Kier molecular flexibility index (Phi) is 5.38. The summed E-state index contributed by atoms with van der Waals surface area (Å²) < 4.78 is 18.2. The highest BCUT2D eigenvalue weighted by Crippen LogP contribution is 2.17. The minimum absolute atomic E-state index is 0.222. The first-order chi connectivity index (χ1) is 12.7. The van der Waals surface area contributed by atoms with Gasteiger partial charge in [-0.1, -0.05) is 18.2 Å². The number of para-hydroxylation sites is 1. The molecule has 0 aliphatic rings. The summed E-state index contributed by atoms with van der Waals surface area (Å²) in [5.74, 6) is 0.289. The molecule has 1 aromatic heterocycles. The molecule has 0 saturated heterocycles. The predicted molar refractivity (Wildman–Crippen MR) is 95.9 cm³/mol. The molecule has 0 aliphatic heterocycles. The highest BCUT2D eigenvalue weighted by molar-refractivity contribution is 5.92. The maximum atomic E-state index is 13.0. The van der Waals surface area contributed by atoms with E-state index in [4.69, 9.17) is 4.74 Å². The number of aromatic nitrogens is 2. The molecule has 3 rings (SSSR count). The molecule has 26 heavy (non-hydrogen) atoms. The SMILES string of the molecule is COc1ccccc1CNC(=O)c1ccnc(Nc2ccc(F)cc2)n1. The fraction of sp³-hybridized carbons (Fsp3) is 0.105. The molecule has 0 saturated carbocycles. The number of carbonyl (C=O) groups is 1. The molecule has 0 radical (unpaired) electrons. The maximum absolute atomic E-state index is 13.0. The number of carbonyl (C=O) groups excluding carboxylic acids is 1. The standard InChI is InChI=1S/C19H17FN4O2/c1-26-17-5-3-2-4-13(17)12-22-18(25)16-10-11-21-19(24-16)23-15-8-6-14(20)7-9-15/h2-11H,12H2,1H3,(H,22,25)(H,21,23,24). The van der Waals surface area contributed by atoms with Crippen molar-refractivity contribution in [1.29, 1.82) is 0 Å². The van der Waals surface area contributed by atoms with Gasteiger partial charge < -0.3 is 15.4 Å². The van der Waals surface area contributed by atoms with Gasteiger partial charge in [-0.2, -0.15) is 0 Å². The Morgan fingerprint density at radius 1 is 1.12 bits per heavy atom. The van der Waals surface area contributed by atoms with Crippen molar-refractivity contribution in [1.82, 2.24) is 15.3 Å². The molecule has 132 valence electrons. The number of benzene rings is 2. The van der Waals surface area contributed by atoms with Gasteiger partial charge in [-0.15, -0.1) is 0 Å². The molecule has 0 atom stereocenters. The van der Waals surface area contributed by atoms with Crippen LogP contribution < -0.4 is 15.4 Å². The highest BCUT2D eigenvalue weighted by Gasteiger charge is 2.10. The van der Waals surface area contributed by atoms with Crippen LogP contribution in [-0.4, -0.2) is 23.0 Å². The van der Waals surface area contributed by atoms with Crippen LogP contribution in [0, 0.1) is 5.82 Å². The molecular weight excluding hydrogens is 335 g/mol. The Morgan fingerprint density at radius 2 is 1.88 bits per heavy atom. The van der Waals surface area contributed by atoms with Gasteiger partial charge in [0.15, 0.2) is 0 Å². The van der Waals surface area contributed by atoms with E-state index in [1.807, 2.05) is 24.3 Å². The van der Waals surface area contributed by atoms with Gasteiger partial charge in [-0.05, 0) is 36.4 Å². The smallest absolute Gasteiger partial charge is 0.270 e. The number of ether oxygens (including phenoxy) is 1. The van der Waals surface area contributed by atoms with Crippen LogP contribution in [0.4, 0.5) is 16.0 Å². The van der Waals surface area contributed by atoms with E-state index in [-0.39, 0.29) is 23.4 Å². The molecule has 3 aromatic rings. The van der Waals surface area contributed by atoms with Crippen molar-refractivity contribution in [3.05, 3.63) is 77.9 Å². The van der Waals surface area contributed by atoms with Crippen LogP contribution in [0.5, 0.6) is 5.75 Å². The van der Waals surface area contributed by atoms with E-state index in [9.17, 15) is 9.18 Å². The molecule has 6 nitrogen and oxygen atoms in total. The first-order valence-corrected chi connectivity index (χ1v) is 7.91. The first-order valence-electron chi connectivity index (χ1n) is 7.91. The zero-order valence-electron chi connectivity index (χ0n) is 14.1. The van der Waals surface area contributed by atoms with Crippen LogP contribution in [-0.2, 0) is 6.54 Å². The Bertz CT molecular complexity index is 900. The van der Waals surface area contributed by atoms with Gasteiger partial charge in [0.25, 0.3) is 5.91 Å². The molecule has 2 N–H and O–H groups in total.